The van der Waals surface area contributed by atoms with Crippen LogP contribution < -0.4 is 10.0 Å². The number of Topliss-reactive ketones (excluding diaryl/α,β-unsaturated/α-hetero) is 1. The lowest BCUT2D eigenvalue weighted by atomic mass is 9.99. The highest BCUT2D eigenvalue weighted by Crippen LogP contribution is 2.15. The van der Waals surface area contributed by atoms with Crippen LogP contribution in [0.25, 0.3) is 0 Å². The van der Waals surface area contributed by atoms with Gasteiger partial charge in [-0.2, -0.15) is 0 Å². The molecule has 2 N–H and O–H groups in total. The quantitative estimate of drug-likeness (QED) is 0.424. The van der Waals surface area contributed by atoms with Gasteiger partial charge in [0.05, 0.1) is 4.90 Å². The smallest absolute Gasteiger partial charge is 0.240 e. The third-order valence-electron chi connectivity index (χ3n) is 5.33. The van der Waals surface area contributed by atoms with E-state index < -0.39 is 15.8 Å². The summed E-state index contributed by atoms with van der Waals surface area (Å²) in [5, 5.41) is 2.73. The molecule has 34 heavy (non-hydrogen) atoms. The third kappa shape index (κ3) is 7.07. The van der Waals surface area contributed by atoms with Gasteiger partial charge in [-0.15, -0.1) is 0 Å². The van der Waals surface area contributed by atoms with E-state index in [0.29, 0.717) is 16.7 Å². The summed E-state index contributed by atoms with van der Waals surface area (Å²) < 4.78 is 41.0. The molecule has 3 aromatic rings. The monoisotopic (exact) mass is 482 g/mol. The zero-order chi connectivity index (χ0) is 24.7. The number of benzene rings is 3. The Morgan fingerprint density at radius 1 is 0.853 bits per heavy atom. The maximum atomic E-state index is 13.3. The number of nitrogens with one attached hydrogen (secondary N) is 2. The molecule has 1 amide bonds. The summed E-state index contributed by atoms with van der Waals surface area (Å²) in [4.78, 5) is 24.8. The fraction of sp³-hybridized carbons (Fsp3) is 0.231. The topological polar surface area (TPSA) is 92.3 Å². The van der Waals surface area contributed by atoms with Crippen LogP contribution in [0.15, 0.2) is 71.6 Å². The summed E-state index contributed by atoms with van der Waals surface area (Å²) in [5.74, 6) is -0.824. The van der Waals surface area contributed by atoms with Crippen molar-refractivity contribution in [3.05, 3.63) is 100 Å². The van der Waals surface area contributed by atoms with Gasteiger partial charge in [0, 0.05) is 31.5 Å². The molecule has 0 bridgehead atoms. The largest absolute Gasteiger partial charge is 0.352 e. The maximum absolute atomic E-state index is 13.3. The second-order valence-electron chi connectivity index (χ2n) is 8.12. The Hall–Kier alpha value is -3.36. The minimum absolute atomic E-state index is 0.0411. The van der Waals surface area contributed by atoms with Crippen LogP contribution in [0.1, 0.15) is 45.5 Å². The molecule has 0 atom stereocenters. The molecule has 0 saturated heterocycles. The molecule has 0 aliphatic heterocycles. The van der Waals surface area contributed by atoms with Crippen molar-refractivity contribution in [2.24, 2.45) is 0 Å². The van der Waals surface area contributed by atoms with Gasteiger partial charge in [0.15, 0.2) is 5.78 Å². The summed E-state index contributed by atoms with van der Waals surface area (Å²) >= 11 is 0. The van der Waals surface area contributed by atoms with Crippen LogP contribution in [0.3, 0.4) is 0 Å². The number of halogens is 1. The van der Waals surface area contributed by atoms with Crippen molar-refractivity contribution in [1.29, 1.82) is 0 Å². The fourth-order valence-electron chi connectivity index (χ4n) is 3.42. The number of amides is 1. The van der Waals surface area contributed by atoms with E-state index in [1.807, 2.05) is 32.0 Å². The standard InChI is InChI=1S/C26H27FN2O4S/c1-18-9-10-19(2)24(13-18)25(30)11-12-26(31)28-16-21-6-4-8-23(15-21)34(32,33)29-17-20-5-3-7-22(27)14-20/h3-10,13-15,29H,11-12,16-17H2,1-2H3,(H,28,31). The molecule has 0 aromatic heterocycles. The summed E-state index contributed by atoms with van der Waals surface area (Å²) in [6, 6.07) is 17.5. The highest BCUT2D eigenvalue weighted by Gasteiger charge is 2.15. The Morgan fingerprint density at radius 2 is 1.56 bits per heavy atom. The third-order valence-corrected chi connectivity index (χ3v) is 6.73. The number of sulfonamides is 1. The van der Waals surface area contributed by atoms with Crippen LogP contribution in [-0.2, 0) is 27.9 Å². The van der Waals surface area contributed by atoms with Crippen LogP contribution in [0.2, 0.25) is 0 Å². The predicted molar refractivity (Wildman–Crippen MR) is 128 cm³/mol. The molecule has 3 aromatic carbocycles. The number of carbonyl (C=O) groups is 2. The van der Waals surface area contributed by atoms with Gasteiger partial charge >= 0.3 is 0 Å². The van der Waals surface area contributed by atoms with Gasteiger partial charge in [-0.3, -0.25) is 9.59 Å². The lowest BCUT2D eigenvalue weighted by Crippen LogP contribution is -2.25. The highest BCUT2D eigenvalue weighted by atomic mass is 32.2. The van der Waals surface area contributed by atoms with Crippen molar-refractivity contribution in [3.63, 3.8) is 0 Å². The molecule has 6 nitrogen and oxygen atoms in total. The van der Waals surface area contributed by atoms with Crippen molar-refractivity contribution >= 4 is 21.7 Å². The summed E-state index contributed by atoms with van der Waals surface area (Å²) in [6.45, 7) is 3.86. The van der Waals surface area contributed by atoms with Crippen LogP contribution in [0.5, 0.6) is 0 Å². The first-order chi connectivity index (χ1) is 16.1. The molecule has 178 valence electrons. The van der Waals surface area contributed by atoms with Crippen LogP contribution in [0, 0.1) is 19.7 Å². The van der Waals surface area contributed by atoms with Gasteiger partial charge in [0.25, 0.3) is 0 Å². The number of carbonyl (C=O) groups excluding carboxylic acids is 2. The lowest BCUT2D eigenvalue weighted by molar-refractivity contribution is -0.121. The van der Waals surface area contributed by atoms with Crippen molar-refractivity contribution in [1.82, 2.24) is 10.0 Å². The highest BCUT2D eigenvalue weighted by molar-refractivity contribution is 7.89. The molecule has 8 heteroatoms. The Balaban J connectivity index is 1.54. The molecule has 0 fully saturated rings. The van der Waals surface area contributed by atoms with E-state index in [4.69, 9.17) is 0 Å². The van der Waals surface area contributed by atoms with E-state index >= 15 is 0 Å². The summed E-state index contributed by atoms with van der Waals surface area (Å²) in [5.41, 5.74) is 3.58. The molecule has 3 rings (SSSR count). The molecule has 0 heterocycles. The SMILES string of the molecule is Cc1ccc(C)c(C(=O)CCC(=O)NCc2cccc(S(=O)(=O)NCc3cccc(F)c3)c2)c1. The van der Waals surface area contributed by atoms with Crippen molar-refractivity contribution in [2.75, 3.05) is 0 Å². The lowest BCUT2D eigenvalue weighted by Gasteiger charge is -2.10. The van der Waals surface area contributed by atoms with Gasteiger partial charge in [-0.05, 0) is 60.9 Å². The Morgan fingerprint density at radius 3 is 2.29 bits per heavy atom. The van der Waals surface area contributed by atoms with Gasteiger partial charge in [0.2, 0.25) is 15.9 Å². The van der Waals surface area contributed by atoms with Crippen LogP contribution in [-0.4, -0.2) is 20.1 Å². The fourth-order valence-corrected chi connectivity index (χ4v) is 4.51. The molecule has 0 aliphatic carbocycles. The molecule has 0 unspecified atom stereocenters. The van der Waals surface area contributed by atoms with E-state index in [9.17, 15) is 22.4 Å². The summed E-state index contributed by atoms with van der Waals surface area (Å²) in [6.07, 6.45) is 0.133. The van der Waals surface area contributed by atoms with E-state index in [1.165, 1.54) is 30.3 Å². The van der Waals surface area contributed by atoms with Gasteiger partial charge in [0.1, 0.15) is 5.82 Å². The van der Waals surface area contributed by atoms with E-state index in [0.717, 1.165) is 11.1 Å². The zero-order valence-electron chi connectivity index (χ0n) is 19.1. The second kappa shape index (κ2) is 11.2. The summed E-state index contributed by atoms with van der Waals surface area (Å²) in [7, 11) is -3.82. The second-order valence-corrected chi connectivity index (χ2v) is 9.89. The van der Waals surface area contributed by atoms with Crippen molar-refractivity contribution in [2.45, 2.75) is 44.7 Å². The predicted octanol–water partition coefficient (Wildman–Crippen LogP) is 4.20. The molecule has 0 saturated carbocycles. The number of rotatable bonds is 10. The molecule has 0 spiro atoms. The normalized spacial score (nSPS) is 11.3. The minimum atomic E-state index is -3.82. The van der Waals surface area contributed by atoms with Crippen LogP contribution >= 0.6 is 0 Å². The number of hydrogen-bond donors (Lipinski definition) is 2. The van der Waals surface area contributed by atoms with Crippen molar-refractivity contribution in [3.8, 4) is 0 Å². The van der Waals surface area contributed by atoms with E-state index in [-0.39, 0.29) is 42.5 Å². The Bertz CT molecular complexity index is 1310. The van der Waals surface area contributed by atoms with Gasteiger partial charge in [-0.1, -0.05) is 42.0 Å². The first kappa shape index (κ1) is 25.3. The average molecular weight is 483 g/mol. The van der Waals surface area contributed by atoms with Crippen molar-refractivity contribution < 1.29 is 22.4 Å². The van der Waals surface area contributed by atoms with Crippen LogP contribution in [0.4, 0.5) is 4.39 Å². The first-order valence-corrected chi connectivity index (χ1v) is 12.3. The number of aryl methyl sites for hydroxylation is 2. The number of hydrogen-bond acceptors (Lipinski definition) is 4. The average Bonchev–Trinajstić information content (AvgIpc) is 2.81. The maximum Gasteiger partial charge on any atom is 0.240 e. The molecule has 0 aliphatic rings. The minimum Gasteiger partial charge on any atom is -0.352 e. The first-order valence-electron chi connectivity index (χ1n) is 10.8. The van der Waals surface area contributed by atoms with E-state index in [2.05, 4.69) is 10.0 Å². The van der Waals surface area contributed by atoms with Gasteiger partial charge < -0.3 is 5.32 Å². The Kier molecular flexibility index (Phi) is 8.31. The zero-order valence-corrected chi connectivity index (χ0v) is 19.9. The molecular formula is C26H27FN2O4S. The molecule has 0 radical (unpaired) electrons. The number of ketones is 1. The Labute approximate surface area is 199 Å². The van der Waals surface area contributed by atoms with Gasteiger partial charge in [-0.25, -0.2) is 17.5 Å². The van der Waals surface area contributed by atoms with E-state index in [1.54, 1.807) is 18.2 Å². The molecular weight excluding hydrogens is 455 g/mol.